The highest BCUT2D eigenvalue weighted by Crippen LogP contribution is 2.27. The first-order valence-corrected chi connectivity index (χ1v) is 8.05. The number of hydrogen-bond acceptors (Lipinski definition) is 4. The van der Waals surface area contributed by atoms with Crippen LogP contribution in [0.4, 0.5) is 5.13 Å². The van der Waals surface area contributed by atoms with Gasteiger partial charge >= 0.3 is 0 Å². The molecule has 0 atom stereocenters. The Morgan fingerprint density at radius 2 is 2.17 bits per heavy atom. The van der Waals surface area contributed by atoms with Crippen LogP contribution >= 0.6 is 11.3 Å². The van der Waals surface area contributed by atoms with E-state index in [4.69, 9.17) is 4.42 Å². The lowest BCUT2D eigenvalue weighted by atomic mass is 10.0. The summed E-state index contributed by atoms with van der Waals surface area (Å²) >= 11 is 1.41. The van der Waals surface area contributed by atoms with Gasteiger partial charge in [-0.2, -0.15) is 0 Å². The van der Waals surface area contributed by atoms with Gasteiger partial charge < -0.3 is 4.42 Å². The van der Waals surface area contributed by atoms with E-state index in [9.17, 15) is 4.79 Å². The van der Waals surface area contributed by atoms with Crippen molar-refractivity contribution in [1.29, 1.82) is 0 Å². The smallest absolute Gasteiger partial charge is 0.250 e. The van der Waals surface area contributed by atoms with E-state index in [1.54, 1.807) is 24.5 Å². The van der Waals surface area contributed by atoms with Crippen LogP contribution in [0.25, 0.3) is 17.3 Å². The molecule has 0 bridgehead atoms. The number of anilines is 1. The third-order valence-corrected chi connectivity index (χ3v) is 4.09. The van der Waals surface area contributed by atoms with E-state index in [1.165, 1.54) is 28.5 Å². The van der Waals surface area contributed by atoms with Gasteiger partial charge in [0.05, 0.1) is 12.0 Å². The maximum absolute atomic E-state index is 11.9. The number of rotatable bonds is 4. The van der Waals surface area contributed by atoms with Crippen LogP contribution in [0.2, 0.25) is 0 Å². The van der Waals surface area contributed by atoms with Gasteiger partial charge in [-0.15, -0.1) is 11.3 Å². The number of hydrogen-bond donors (Lipinski definition) is 1. The molecule has 3 rings (SSSR count). The number of amides is 1. The molecule has 0 radical (unpaired) electrons. The summed E-state index contributed by atoms with van der Waals surface area (Å²) in [6.45, 7) is 4.13. The summed E-state index contributed by atoms with van der Waals surface area (Å²) in [4.78, 5) is 16.4. The van der Waals surface area contributed by atoms with E-state index in [0.29, 0.717) is 10.9 Å². The Morgan fingerprint density at radius 1 is 1.30 bits per heavy atom. The fourth-order valence-corrected chi connectivity index (χ4v) is 2.96. The van der Waals surface area contributed by atoms with Crippen molar-refractivity contribution in [3.8, 4) is 11.3 Å². The Labute approximate surface area is 138 Å². The van der Waals surface area contributed by atoms with Crippen LogP contribution in [-0.4, -0.2) is 10.9 Å². The van der Waals surface area contributed by atoms with Crippen molar-refractivity contribution in [2.45, 2.75) is 13.8 Å². The zero-order chi connectivity index (χ0) is 16.2. The Bertz CT molecular complexity index is 848. The second-order valence-corrected chi connectivity index (χ2v) is 6.05. The molecule has 0 spiro atoms. The first kappa shape index (κ1) is 15.2. The quantitative estimate of drug-likeness (QED) is 0.709. The van der Waals surface area contributed by atoms with E-state index in [1.807, 2.05) is 5.38 Å². The van der Waals surface area contributed by atoms with Crippen LogP contribution in [0.1, 0.15) is 16.9 Å². The average molecular weight is 324 g/mol. The number of carbonyl (C=O) groups is 1. The maximum atomic E-state index is 11.9. The van der Waals surface area contributed by atoms with E-state index >= 15 is 0 Å². The van der Waals surface area contributed by atoms with E-state index in [2.05, 4.69) is 42.3 Å². The number of benzene rings is 1. The van der Waals surface area contributed by atoms with Crippen molar-refractivity contribution >= 4 is 28.5 Å². The third-order valence-electron chi connectivity index (χ3n) is 3.33. The first-order valence-electron chi connectivity index (χ1n) is 7.17. The molecule has 4 nitrogen and oxygen atoms in total. The molecular weight excluding hydrogens is 308 g/mol. The molecule has 2 aromatic heterocycles. The molecule has 3 aromatic rings. The monoisotopic (exact) mass is 324 g/mol. The number of furan rings is 1. The molecule has 0 saturated carbocycles. The molecule has 0 aliphatic heterocycles. The van der Waals surface area contributed by atoms with Crippen molar-refractivity contribution in [3.63, 3.8) is 0 Å². The molecule has 23 heavy (non-hydrogen) atoms. The number of thiazole rings is 1. The molecule has 0 unspecified atom stereocenters. The Balaban J connectivity index is 1.71. The minimum absolute atomic E-state index is 0.233. The molecule has 0 aliphatic rings. The normalized spacial score (nSPS) is 11.0. The number of carbonyl (C=O) groups excluding carboxylic acids is 1. The maximum Gasteiger partial charge on any atom is 0.250 e. The average Bonchev–Trinajstić information content (AvgIpc) is 3.17. The zero-order valence-electron chi connectivity index (χ0n) is 12.9. The van der Waals surface area contributed by atoms with Gasteiger partial charge in [0.15, 0.2) is 5.13 Å². The Hall–Kier alpha value is -2.66. The van der Waals surface area contributed by atoms with Crippen LogP contribution in [-0.2, 0) is 4.79 Å². The van der Waals surface area contributed by atoms with Crippen LogP contribution < -0.4 is 5.32 Å². The summed E-state index contributed by atoms with van der Waals surface area (Å²) in [7, 11) is 0. The predicted molar refractivity (Wildman–Crippen MR) is 93.4 cm³/mol. The van der Waals surface area contributed by atoms with Gasteiger partial charge in [0.1, 0.15) is 5.76 Å². The minimum atomic E-state index is -0.233. The molecule has 0 saturated heterocycles. The number of aromatic nitrogens is 1. The summed E-state index contributed by atoms with van der Waals surface area (Å²) in [5, 5.41) is 5.29. The highest BCUT2D eigenvalue weighted by Gasteiger charge is 2.08. The van der Waals surface area contributed by atoms with Crippen LogP contribution in [0, 0.1) is 13.8 Å². The predicted octanol–water partition coefficient (Wildman–Crippen LogP) is 4.67. The Kier molecular flexibility index (Phi) is 4.39. The molecule has 1 N–H and O–H groups in total. The first-order chi connectivity index (χ1) is 11.1. The van der Waals surface area contributed by atoms with Gasteiger partial charge in [-0.3, -0.25) is 10.1 Å². The van der Waals surface area contributed by atoms with E-state index in [0.717, 1.165) is 11.3 Å². The highest BCUT2D eigenvalue weighted by molar-refractivity contribution is 7.14. The second-order valence-electron chi connectivity index (χ2n) is 5.19. The third kappa shape index (κ3) is 3.76. The summed E-state index contributed by atoms with van der Waals surface area (Å²) in [6.07, 6.45) is 4.61. The molecule has 2 heterocycles. The summed E-state index contributed by atoms with van der Waals surface area (Å²) in [5.41, 5.74) is 4.35. The van der Waals surface area contributed by atoms with Gasteiger partial charge in [0, 0.05) is 17.0 Å². The molecule has 116 valence electrons. The zero-order valence-corrected chi connectivity index (χ0v) is 13.7. The summed E-state index contributed by atoms with van der Waals surface area (Å²) in [5.74, 6) is 0.401. The minimum Gasteiger partial charge on any atom is -0.465 e. The molecular formula is C18H16N2O2S. The number of nitrogens with zero attached hydrogens (tertiary/aromatic N) is 1. The SMILES string of the molecule is Cc1ccc(-c2csc(NC(=O)C=Cc3ccco3)n2)c(C)c1. The lowest BCUT2D eigenvalue weighted by molar-refractivity contribution is -0.111. The molecule has 1 aromatic carbocycles. The van der Waals surface area contributed by atoms with Gasteiger partial charge in [-0.1, -0.05) is 23.8 Å². The Morgan fingerprint density at radius 3 is 2.91 bits per heavy atom. The topological polar surface area (TPSA) is 55.1 Å². The van der Waals surface area contributed by atoms with Crippen molar-refractivity contribution in [2.75, 3.05) is 5.32 Å². The van der Waals surface area contributed by atoms with Crippen LogP contribution in [0.5, 0.6) is 0 Å². The van der Waals surface area contributed by atoms with Crippen molar-refractivity contribution in [3.05, 3.63) is 64.9 Å². The largest absolute Gasteiger partial charge is 0.465 e. The van der Waals surface area contributed by atoms with Crippen molar-refractivity contribution in [2.24, 2.45) is 0 Å². The highest BCUT2D eigenvalue weighted by atomic mass is 32.1. The second kappa shape index (κ2) is 6.62. The van der Waals surface area contributed by atoms with E-state index in [-0.39, 0.29) is 5.91 Å². The number of aryl methyl sites for hydroxylation is 2. The van der Waals surface area contributed by atoms with Crippen LogP contribution in [0.3, 0.4) is 0 Å². The van der Waals surface area contributed by atoms with Gasteiger partial charge in [-0.25, -0.2) is 4.98 Å². The van der Waals surface area contributed by atoms with E-state index < -0.39 is 0 Å². The summed E-state index contributed by atoms with van der Waals surface area (Å²) < 4.78 is 5.14. The van der Waals surface area contributed by atoms with Crippen LogP contribution in [0.15, 0.2) is 52.5 Å². The van der Waals surface area contributed by atoms with Gasteiger partial charge in [-0.05, 0) is 37.6 Å². The number of nitrogens with one attached hydrogen (secondary N) is 1. The van der Waals surface area contributed by atoms with Gasteiger partial charge in [0.2, 0.25) is 5.91 Å². The van der Waals surface area contributed by atoms with Gasteiger partial charge in [0.25, 0.3) is 0 Å². The molecule has 0 fully saturated rings. The fraction of sp³-hybridized carbons (Fsp3) is 0.111. The molecule has 1 amide bonds. The lowest BCUT2D eigenvalue weighted by Crippen LogP contribution is -2.07. The van der Waals surface area contributed by atoms with Crippen molar-refractivity contribution in [1.82, 2.24) is 4.98 Å². The lowest BCUT2D eigenvalue weighted by Gasteiger charge is -2.03. The molecule has 5 heteroatoms. The standard InChI is InChI=1S/C18H16N2O2S/c1-12-5-7-15(13(2)10-12)16-11-23-18(19-16)20-17(21)8-6-14-4-3-9-22-14/h3-11H,1-2H3,(H,19,20,21). The fourth-order valence-electron chi connectivity index (χ4n) is 2.25. The molecule has 0 aliphatic carbocycles. The van der Waals surface area contributed by atoms with Crippen molar-refractivity contribution < 1.29 is 9.21 Å². The summed E-state index contributed by atoms with van der Waals surface area (Å²) in [6, 6.07) is 9.80.